The van der Waals surface area contributed by atoms with E-state index in [9.17, 15) is 20.0 Å². The number of hydrogen-bond acceptors (Lipinski definition) is 8. The van der Waals surface area contributed by atoms with E-state index in [2.05, 4.69) is 15.5 Å². The Morgan fingerprint density at radius 2 is 2.10 bits per heavy atom. The van der Waals surface area contributed by atoms with Crippen LogP contribution in [0.5, 0.6) is 11.5 Å². The summed E-state index contributed by atoms with van der Waals surface area (Å²) in [5.41, 5.74) is -0.284. The van der Waals surface area contributed by atoms with E-state index in [-0.39, 0.29) is 18.0 Å². The molecule has 1 amide bonds. The number of benzene rings is 2. The maximum Gasteiger partial charge on any atom is 0.312 e. The zero-order valence-corrected chi connectivity index (χ0v) is 17.2. The van der Waals surface area contributed by atoms with Crippen molar-refractivity contribution in [2.75, 3.05) is 11.1 Å². The van der Waals surface area contributed by atoms with Crippen molar-refractivity contribution in [3.8, 4) is 11.5 Å². The van der Waals surface area contributed by atoms with Crippen molar-refractivity contribution < 1.29 is 19.6 Å². The van der Waals surface area contributed by atoms with Crippen LogP contribution < -0.4 is 10.1 Å². The molecule has 2 N–H and O–H groups in total. The van der Waals surface area contributed by atoms with Crippen LogP contribution in [-0.4, -0.2) is 36.5 Å². The lowest BCUT2D eigenvalue weighted by atomic mass is 10.2. The fourth-order valence-corrected chi connectivity index (χ4v) is 3.30. The molecule has 2 aromatic carbocycles. The first kappa shape index (κ1) is 21.4. The third-order valence-electron chi connectivity index (χ3n) is 3.91. The molecule has 0 unspecified atom stereocenters. The predicted molar refractivity (Wildman–Crippen MR) is 111 cm³/mol. The largest absolute Gasteiger partial charge is 0.502 e. The Hall–Kier alpha value is -3.31. The van der Waals surface area contributed by atoms with Gasteiger partial charge in [-0.1, -0.05) is 35.5 Å². The van der Waals surface area contributed by atoms with E-state index in [0.717, 1.165) is 23.9 Å². The maximum absolute atomic E-state index is 12.2. The number of anilines is 1. The summed E-state index contributed by atoms with van der Waals surface area (Å²) in [6, 6.07) is 10.7. The van der Waals surface area contributed by atoms with Crippen LogP contribution in [0.3, 0.4) is 0 Å². The molecule has 0 aliphatic carbocycles. The topological polar surface area (TPSA) is 132 Å². The molecule has 10 nitrogen and oxygen atoms in total. The molecule has 0 aliphatic rings. The number of thioether (sulfide) groups is 1. The quantitative estimate of drug-likeness (QED) is 0.231. The minimum atomic E-state index is -0.731. The number of aromatic nitrogens is 3. The highest BCUT2D eigenvalue weighted by Gasteiger charge is 2.16. The third-order valence-corrected chi connectivity index (χ3v) is 5.24. The second-order valence-electron chi connectivity index (χ2n) is 5.97. The Balaban J connectivity index is 1.56. The second kappa shape index (κ2) is 9.46. The van der Waals surface area contributed by atoms with E-state index in [0.29, 0.717) is 21.8 Å². The molecular weight excluding hydrogens is 434 g/mol. The molecule has 1 heterocycles. The summed E-state index contributed by atoms with van der Waals surface area (Å²) < 4.78 is 7.34. The van der Waals surface area contributed by atoms with Crippen LogP contribution in [0.2, 0.25) is 5.02 Å². The van der Waals surface area contributed by atoms with Crippen LogP contribution in [-0.2, 0) is 18.4 Å². The van der Waals surface area contributed by atoms with Gasteiger partial charge in [-0.25, -0.2) is 0 Å². The molecule has 12 heteroatoms. The van der Waals surface area contributed by atoms with Crippen LogP contribution >= 0.6 is 23.4 Å². The normalized spacial score (nSPS) is 10.6. The monoisotopic (exact) mass is 449 g/mol. The zero-order valence-electron chi connectivity index (χ0n) is 15.6. The van der Waals surface area contributed by atoms with Gasteiger partial charge in [-0.2, -0.15) is 0 Å². The van der Waals surface area contributed by atoms with Crippen molar-refractivity contribution >= 4 is 40.6 Å². The van der Waals surface area contributed by atoms with Gasteiger partial charge in [-0.3, -0.25) is 14.9 Å². The van der Waals surface area contributed by atoms with Gasteiger partial charge in [0.25, 0.3) is 0 Å². The van der Waals surface area contributed by atoms with Crippen molar-refractivity contribution in [2.24, 2.45) is 7.05 Å². The number of rotatable bonds is 8. The molecule has 3 aromatic rings. The van der Waals surface area contributed by atoms with Crippen LogP contribution in [0.4, 0.5) is 11.4 Å². The van der Waals surface area contributed by atoms with E-state index >= 15 is 0 Å². The predicted octanol–water partition coefficient (Wildman–Crippen LogP) is 3.39. The minimum absolute atomic E-state index is 0.00597. The number of aromatic hydroxyl groups is 1. The number of phenolic OH excluding ortho intramolecular Hbond substituents is 1. The molecular formula is C18H16ClN5O5S. The summed E-state index contributed by atoms with van der Waals surface area (Å²) >= 11 is 7.20. The lowest BCUT2D eigenvalue weighted by molar-refractivity contribution is -0.385. The molecule has 30 heavy (non-hydrogen) atoms. The molecule has 3 rings (SSSR count). The first-order valence-electron chi connectivity index (χ1n) is 8.51. The van der Waals surface area contributed by atoms with Crippen molar-refractivity contribution in [3.05, 3.63) is 63.4 Å². The van der Waals surface area contributed by atoms with Gasteiger partial charge in [0.15, 0.2) is 16.7 Å². The summed E-state index contributed by atoms with van der Waals surface area (Å²) in [5, 5.41) is 31.9. The van der Waals surface area contributed by atoms with Crippen LogP contribution in [0, 0.1) is 10.1 Å². The van der Waals surface area contributed by atoms with Gasteiger partial charge in [0.05, 0.1) is 15.7 Å². The average Bonchev–Trinajstić information content (AvgIpc) is 3.06. The van der Waals surface area contributed by atoms with E-state index in [1.54, 1.807) is 35.9 Å². The van der Waals surface area contributed by atoms with Gasteiger partial charge in [-0.05, 0) is 24.3 Å². The number of halogens is 1. The van der Waals surface area contributed by atoms with Gasteiger partial charge in [-0.15, -0.1) is 10.2 Å². The SMILES string of the molecule is Cn1c(COc2ccccc2Cl)nnc1SCC(=O)Nc1ccc(O)c([N+](=O)[O-])c1. The summed E-state index contributed by atoms with van der Waals surface area (Å²) in [5.74, 6) is 0.215. The van der Waals surface area contributed by atoms with E-state index in [1.165, 1.54) is 6.07 Å². The summed E-state index contributed by atoms with van der Waals surface area (Å²) in [6.07, 6.45) is 0. The lowest BCUT2D eigenvalue weighted by Gasteiger charge is -2.08. The summed E-state index contributed by atoms with van der Waals surface area (Å²) in [4.78, 5) is 22.3. The smallest absolute Gasteiger partial charge is 0.312 e. The number of carbonyl (C=O) groups excluding carboxylic acids is 1. The number of hydrogen-bond donors (Lipinski definition) is 2. The Kier molecular flexibility index (Phi) is 6.75. The average molecular weight is 450 g/mol. The van der Waals surface area contributed by atoms with Gasteiger partial charge in [0, 0.05) is 18.8 Å². The molecule has 0 saturated heterocycles. The van der Waals surface area contributed by atoms with Crippen LogP contribution in [0.15, 0.2) is 47.6 Å². The van der Waals surface area contributed by atoms with Gasteiger partial charge in [0.1, 0.15) is 12.4 Å². The number of nitro benzene ring substituents is 1. The molecule has 0 saturated carbocycles. The van der Waals surface area contributed by atoms with Gasteiger partial charge >= 0.3 is 5.69 Å². The number of phenols is 1. The third kappa shape index (κ3) is 5.19. The van der Waals surface area contributed by atoms with E-state index in [1.807, 2.05) is 0 Å². The highest BCUT2D eigenvalue weighted by molar-refractivity contribution is 7.99. The molecule has 0 bridgehead atoms. The number of ether oxygens (including phenoxy) is 1. The molecule has 0 fully saturated rings. The second-order valence-corrected chi connectivity index (χ2v) is 7.32. The fraction of sp³-hybridized carbons (Fsp3) is 0.167. The lowest BCUT2D eigenvalue weighted by Crippen LogP contribution is -2.14. The number of nitro groups is 1. The Bertz CT molecular complexity index is 1090. The molecule has 0 aliphatic heterocycles. The molecule has 156 valence electrons. The van der Waals surface area contributed by atoms with Crippen molar-refractivity contribution in [1.29, 1.82) is 0 Å². The van der Waals surface area contributed by atoms with Gasteiger partial charge < -0.3 is 19.7 Å². The Labute approximate surface area is 180 Å². The Morgan fingerprint density at radius 3 is 2.83 bits per heavy atom. The van der Waals surface area contributed by atoms with Crippen molar-refractivity contribution in [3.63, 3.8) is 0 Å². The van der Waals surface area contributed by atoms with E-state index in [4.69, 9.17) is 16.3 Å². The van der Waals surface area contributed by atoms with E-state index < -0.39 is 22.3 Å². The first-order valence-corrected chi connectivity index (χ1v) is 9.87. The zero-order chi connectivity index (χ0) is 21.7. The Morgan fingerprint density at radius 1 is 1.33 bits per heavy atom. The molecule has 1 aromatic heterocycles. The van der Waals surface area contributed by atoms with Gasteiger partial charge in [0.2, 0.25) is 5.91 Å². The standard InChI is InChI=1S/C18H16ClN5O5S/c1-23-16(9-29-15-5-3-2-4-12(15)19)21-22-18(23)30-10-17(26)20-11-6-7-14(25)13(8-11)24(27)28/h2-8,25H,9-10H2,1H3,(H,20,26). The fourth-order valence-electron chi connectivity index (χ4n) is 2.38. The number of nitrogens with one attached hydrogen (secondary N) is 1. The maximum atomic E-state index is 12.2. The molecule has 0 radical (unpaired) electrons. The highest BCUT2D eigenvalue weighted by Crippen LogP contribution is 2.29. The van der Waals surface area contributed by atoms with Crippen molar-refractivity contribution in [2.45, 2.75) is 11.8 Å². The number of nitrogens with zero attached hydrogens (tertiary/aromatic N) is 4. The first-order chi connectivity index (χ1) is 14.3. The highest BCUT2D eigenvalue weighted by atomic mass is 35.5. The minimum Gasteiger partial charge on any atom is -0.502 e. The number of para-hydroxylation sites is 1. The summed E-state index contributed by atoms with van der Waals surface area (Å²) in [6.45, 7) is 0.150. The van der Waals surface area contributed by atoms with Crippen LogP contribution in [0.25, 0.3) is 0 Å². The summed E-state index contributed by atoms with van der Waals surface area (Å²) in [7, 11) is 1.74. The molecule has 0 spiro atoms. The van der Waals surface area contributed by atoms with Crippen LogP contribution in [0.1, 0.15) is 5.82 Å². The molecule has 0 atom stereocenters. The number of carbonyl (C=O) groups is 1. The van der Waals surface area contributed by atoms with Crippen molar-refractivity contribution in [1.82, 2.24) is 14.8 Å². The number of amides is 1.